The van der Waals surface area contributed by atoms with Crippen LogP contribution in [0.1, 0.15) is 120 Å². The largest absolute Gasteiger partial charge is 0.352 e. The molecule has 3 aromatic heterocycles. The number of aromatic nitrogens is 4. The molecule has 4 nitrogen and oxygen atoms in total. The van der Waals surface area contributed by atoms with Gasteiger partial charge in [-0.15, -0.1) is 0 Å². The average molecular weight is 761 g/mol. The van der Waals surface area contributed by atoms with Gasteiger partial charge in [-0.25, -0.2) is 9.97 Å². The van der Waals surface area contributed by atoms with Crippen molar-refractivity contribution in [1.29, 1.82) is 0 Å². The van der Waals surface area contributed by atoms with E-state index in [1.165, 1.54) is 44.5 Å². The van der Waals surface area contributed by atoms with Crippen LogP contribution in [0, 0.1) is 23.7 Å². The maximum atomic E-state index is 7.78. The van der Waals surface area contributed by atoms with E-state index in [0.29, 0.717) is 20.1 Å². The zero-order valence-electron chi connectivity index (χ0n) is 28.3. The van der Waals surface area contributed by atoms with Crippen LogP contribution in [0.2, 0.25) is 20.1 Å². The molecule has 2 N–H and O–H groups in total. The van der Waals surface area contributed by atoms with Crippen LogP contribution in [0.15, 0.2) is 48.6 Å². The van der Waals surface area contributed by atoms with E-state index >= 15 is 0 Å². The standard InChI is InChI=1S/C44H34Cl4N4/c45-33-37-25-17-1-2-18(4-3-17)26(25)38(49-37)34(46)40-29-21-9-11-22(12-10-21)30(29)42(51-40)36(48)44-32-24-15-13-23(14-16-24)31(32)43(52-44)35(47)41-28-20-7-5-19(6-8-20)27(28)39(33)50-41/h1-2,5,7,9,11,13,15,17-24,49-50H,3-4,6,8,10,12,14,16H2/t17-,18+,19+,20-,21-,22+,23+,24-. The van der Waals surface area contributed by atoms with E-state index in [4.69, 9.17) is 56.4 Å². The van der Waals surface area contributed by atoms with Gasteiger partial charge in [0.15, 0.2) is 0 Å². The lowest BCUT2D eigenvalue weighted by atomic mass is 9.69. The molecule has 14 aliphatic rings. The number of allylic oxidation sites excluding steroid dienone is 12. The van der Waals surface area contributed by atoms with Gasteiger partial charge in [-0.1, -0.05) is 95.0 Å². The highest BCUT2D eigenvalue weighted by Gasteiger charge is 2.44. The first-order chi connectivity index (χ1) is 25.4. The summed E-state index contributed by atoms with van der Waals surface area (Å²) in [6, 6.07) is 0. The molecule has 0 fully saturated rings. The summed E-state index contributed by atoms with van der Waals surface area (Å²) in [5, 5.41) is 2.67. The van der Waals surface area contributed by atoms with Gasteiger partial charge >= 0.3 is 0 Å². The number of aromatic amines is 2. The maximum Gasteiger partial charge on any atom is 0.0925 e. The number of rotatable bonds is 0. The minimum atomic E-state index is 0.246. The van der Waals surface area contributed by atoms with Crippen LogP contribution in [0.4, 0.5) is 0 Å². The molecule has 0 unspecified atom stereocenters. The fourth-order valence-corrected chi connectivity index (χ4v) is 13.3. The third-order valence-corrected chi connectivity index (χ3v) is 15.8. The Morgan fingerprint density at radius 3 is 0.885 bits per heavy atom. The molecule has 2 aliphatic heterocycles. The van der Waals surface area contributed by atoms with Gasteiger partial charge in [0.05, 0.1) is 64.9 Å². The van der Waals surface area contributed by atoms with Crippen molar-refractivity contribution >= 4 is 90.8 Å². The predicted molar refractivity (Wildman–Crippen MR) is 213 cm³/mol. The Hall–Kier alpha value is -3.28. The van der Waals surface area contributed by atoms with Gasteiger partial charge in [0.1, 0.15) is 0 Å². The summed E-state index contributed by atoms with van der Waals surface area (Å²) >= 11 is 31.0. The Kier molecular flexibility index (Phi) is 5.94. The van der Waals surface area contributed by atoms with Crippen molar-refractivity contribution in [3.8, 4) is 0 Å². The number of nitrogens with zero attached hydrogens (tertiary/aromatic N) is 2. The molecule has 0 spiro atoms. The zero-order valence-corrected chi connectivity index (χ0v) is 31.3. The van der Waals surface area contributed by atoms with Crippen LogP contribution in [0.5, 0.6) is 0 Å². The predicted octanol–water partition coefficient (Wildman–Crippen LogP) is 13.0. The molecule has 12 aliphatic carbocycles. The number of hydrogen-bond donors (Lipinski definition) is 2. The van der Waals surface area contributed by atoms with Crippen molar-refractivity contribution in [2.75, 3.05) is 0 Å². The van der Waals surface area contributed by atoms with Crippen molar-refractivity contribution in [3.05, 3.63) is 114 Å². The van der Waals surface area contributed by atoms with Gasteiger partial charge in [0, 0.05) is 47.3 Å². The molecule has 5 heterocycles. The highest BCUT2D eigenvalue weighted by atomic mass is 35.5. The SMILES string of the molecule is Clc1c2nc(c(Cl)c3[nH]c(c4c3[C@@H]3C=C[C@H]4CC3)c(Cl)c3[nH]c(c(Cl)c4nc1C1=C4[C@@H]4C=C[C@H]1CC4)c1c3[C@@H]3C=C[C@H]1CC3)C1=C2[C@@H]2C=C[C@H]1CC2. The second-order valence-corrected chi connectivity index (χ2v) is 18.1. The topological polar surface area (TPSA) is 57.4 Å². The normalized spacial score (nSPS) is 31.9. The Morgan fingerprint density at radius 1 is 0.346 bits per heavy atom. The molecule has 8 heteroatoms. The first-order valence-corrected chi connectivity index (χ1v) is 20.7. The summed E-state index contributed by atoms with van der Waals surface area (Å²) in [7, 11) is 0. The molecular formula is C44H34Cl4N4. The first-order valence-electron chi connectivity index (χ1n) is 19.2. The smallest absolute Gasteiger partial charge is 0.0925 e. The van der Waals surface area contributed by atoms with Crippen LogP contribution in [-0.2, 0) is 0 Å². The lowest BCUT2D eigenvalue weighted by molar-refractivity contribution is 0.557. The third kappa shape index (κ3) is 3.60. The van der Waals surface area contributed by atoms with Gasteiger partial charge in [0.2, 0.25) is 0 Å². The summed E-state index contributed by atoms with van der Waals surface area (Å²) in [5.41, 5.74) is 17.2. The van der Waals surface area contributed by atoms with E-state index in [0.717, 1.165) is 96.2 Å². The summed E-state index contributed by atoms with van der Waals surface area (Å²) in [6.07, 6.45) is 27.7. The van der Waals surface area contributed by atoms with E-state index in [1.807, 2.05) is 0 Å². The summed E-state index contributed by atoms with van der Waals surface area (Å²) in [5.74, 6) is 2.08. The Morgan fingerprint density at radius 2 is 0.596 bits per heavy atom. The number of halogens is 4. The molecule has 0 saturated heterocycles. The first kappa shape index (κ1) is 30.1. The molecule has 258 valence electrons. The molecular weight excluding hydrogens is 726 g/mol. The van der Waals surface area contributed by atoms with E-state index in [-0.39, 0.29) is 47.3 Å². The quantitative estimate of drug-likeness (QED) is 0.224. The van der Waals surface area contributed by atoms with E-state index < -0.39 is 0 Å². The van der Waals surface area contributed by atoms with Crippen LogP contribution < -0.4 is 0 Å². The van der Waals surface area contributed by atoms with Crippen LogP contribution in [-0.4, -0.2) is 19.9 Å². The van der Waals surface area contributed by atoms with Gasteiger partial charge in [0.25, 0.3) is 0 Å². The summed E-state index contributed by atoms with van der Waals surface area (Å²) < 4.78 is 0. The van der Waals surface area contributed by atoms with Crippen LogP contribution in [0.3, 0.4) is 0 Å². The highest BCUT2D eigenvalue weighted by Crippen LogP contribution is 2.60. The minimum absolute atomic E-state index is 0.246. The van der Waals surface area contributed by atoms with Crippen molar-refractivity contribution in [2.45, 2.75) is 75.0 Å². The fourth-order valence-electron chi connectivity index (χ4n) is 12.1. The fraction of sp³-hybridized carbons (Fsp3) is 0.364. The summed E-state index contributed by atoms with van der Waals surface area (Å²) in [4.78, 5) is 18.7. The number of nitrogens with one attached hydrogen (secondary N) is 2. The number of fused-ring (bicyclic) bond motifs is 12. The number of hydrogen-bond acceptors (Lipinski definition) is 2. The molecule has 52 heavy (non-hydrogen) atoms. The molecule has 0 aromatic carbocycles. The monoisotopic (exact) mass is 758 g/mol. The van der Waals surface area contributed by atoms with E-state index in [9.17, 15) is 0 Å². The molecule has 0 saturated carbocycles. The average Bonchev–Trinajstić information content (AvgIpc) is 4.01. The molecule has 0 amide bonds. The van der Waals surface area contributed by atoms with Gasteiger partial charge in [-0.3, -0.25) is 0 Å². The van der Waals surface area contributed by atoms with Crippen molar-refractivity contribution in [3.63, 3.8) is 0 Å². The molecule has 17 rings (SSSR count). The Bertz CT molecular complexity index is 2470. The molecule has 16 bridgehead atoms. The van der Waals surface area contributed by atoms with Crippen LogP contribution in [0.25, 0.3) is 44.4 Å². The Labute approximate surface area is 321 Å². The van der Waals surface area contributed by atoms with E-state index in [1.54, 1.807) is 0 Å². The lowest BCUT2D eigenvalue weighted by Gasteiger charge is -2.34. The summed E-state index contributed by atoms with van der Waals surface area (Å²) in [6.45, 7) is 0. The third-order valence-electron chi connectivity index (χ3n) is 14.3. The Balaban J connectivity index is 1.26. The van der Waals surface area contributed by atoms with Gasteiger partial charge in [-0.05, 0) is 95.9 Å². The molecule has 3 aromatic rings. The van der Waals surface area contributed by atoms with Crippen LogP contribution >= 0.6 is 46.4 Å². The van der Waals surface area contributed by atoms with Gasteiger partial charge < -0.3 is 9.97 Å². The van der Waals surface area contributed by atoms with Crippen molar-refractivity contribution < 1.29 is 0 Å². The lowest BCUT2D eigenvalue weighted by Crippen LogP contribution is -2.19. The van der Waals surface area contributed by atoms with Crippen molar-refractivity contribution in [1.82, 2.24) is 19.9 Å². The zero-order chi connectivity index (χ0) is 34.3. The van der Waals surface area contributed by atoms with E-state index in [2.05, 4.69) is 58.6 Å². The van der Waals surface area contributed by atoms with Gasteiger partial charge in [-0.2, -0.15) is 0 Å². The highest BCUT2D eigenvalue weighted by molar-refractivity contribution is 6.40. The maximum absolute atomic E-state index is 7.78. The van der Waals surface area contributed by atoms with Crippen molar-refractivity contribution in [2.24, 2.45) is 23.7 Å². The number of H-pyrrole nitrogens is 2. The minimum Gasteiger partial charge on any atom is -0.352 e. The second-order valence-electron chi connectivity index (χ2n) is 16.6. The molecule has 8 atom stereocenters. The second kappa shape index (κ2) is 10.3. The molecule has 0 radical (unpaired) electrons.